The SMILES string of the molecule is CC(C)CCOCCOCCCN1C(=O)[C@@H]2[C@H](C1=O)[C@@H]1C=C[C@H]2C1. The van der Waals surface area contributed by atoms with Crippen LogP contribution in [0.5, 0.6) is 0 Å². The summed E-state index contributed by atoms with van der Waals surface area (Å²) < 4.78 is 11.0. The lowest BCUT2D eigenvalue weighted by Crippen LogP contribution is -2.34. The number of nitrogens with zero attached hydrogens (tertiary/aromatic N) is 1. The van der Waals surface area contributed by atoms with Crippen molar-refractivity contribution in [3.63, 3.8) is 0 Å². The first-order valence-corrected chi connectivity index (χ1v) is 9.28. The molecule has 1 saturated carbocycles. The number of ether oxygens (including phenoxy) is 2. The first-order valence-electron chi connectivity index (χ1n) is 9.28. The van der Waals surface area contributed by atoms with E-state index in [1.807, 2.05) is 0 Å². The standard InChI is InChI=1S/C19H29NO4/c1-13(2)6-9-24-11-10-23-8-3-7-20-18(21)16-14-4-5-15(12-14)17(16)19(20)22/h4-5,13-17H,3,6-12H2,1-2H3/t14-,15+,16-,17+. The molecule has 0 spiro atoms. The van der Waals surface area contributed by atoms with Crippen LogP contribution in [0.4, 0.5) is 0 Å². The Bertz CT molecular complexity index is 472. The van der Waals surface area contributed by atoms with E-state index in [4.69, 9.17) is 9.47 Å². The van der Waals surface area contributed by atoms with Gasteiger partial charge in [-0.25, -0.2) is 0 Å². The lowest BCUT2D eigenvalue weighted by Gasteiger charge is -2.17. The van der Waals surface area contributed by atoms with Crippen LogP contribution in [0.3, 0.4) is 0 Å². The van der Waals surface area contributed by atoms with Gasteiger partial charge in [0.15, 0.2) is 0 Å². The van der Waals surface area contributed by atoms with Gasteiger partial charge in [0.1, 0.15) is 0 Å². The van der Waals surface area contributed by atoms with E-state index in [0.29, 0.717) is 50.5 Å². The highest BCUT2D eigenvalue weighted by Gasteiger charge is 2.58. The van der Waals surface area contributed by atoms with Crippen LogP contribution < -0.4 is 0 Å². The van der Waals surface area contributed by atoms with Crippen molar-refractivity contribution in [2.45, 2.75) is 33.1 Å². The van der Waals surface area contributed by atoms with E-state index in [9.17, 15) is 9.59 Å². The number of amides is 2. The minimum Gasteiger partial charge on any atom is -0.379 e. The Morgan fingerprint density at radius 2 is 1.58 bits per heavy atom. The van der Waals surface area contributed by atoms with E-state index in [2.05, 4.69) is 26.0 Å². The maximum atomic E-state index is 12.5. The predicted octanol–water partition coefficient (Wildman–Crippen LogP) is 2.26. The molecule has 2 fully saturated rings. The number of carbonyl (C=O) groups excluding carboxylic acids is 2. The zero-order valence-corrected chi connectivity index (χ0v) is 14.8. The summed E-state index contributed by atoms with van der Waals surface area (Å²) in [5.74, 6) is 1.16. The van der Waals surface area contributed by atoms with Gasteiger partial charge in [-0.15, -0.1) is 0 Å². The van der Waals surface area contributed by atoms with E-state index in [-0.39, 0.29) is 23.7 Å². The van der Waals surface area contributed by atoms with Crippen molar-refractivity contribution in [3.05, 3.63) is 12.2 Å². The van der Waals surface area contributed by atoms with E-state index < -0.39 is 0 Å². The van der Waals surface area contributed by atoms with Gasteiger partial charge in [-0.2, -0.15) is 0 Å². The largest absolute Gasteiger partial charge is 0.379 e. The second kappa shape index (κ2) is 7.79. The molecule has 1 saturated heterocycles. The summed E-state index contributed by atoms with van der Waals surface area (Å²) in [6, 6.07) is 0. The van der Waals surface area contributed by atoms with Gasteiger partial charge in [-0.1, -0.05) is 26.0 Å². The first-order chi connectivity index (χ1) is 11.6. The molecule has 0 N–H and O–H groups in total. The molecule has 5 heteroatoms. The van der Waals surface area contributed by atoms with Gasteiger partial charge in [0, 0.05) is 19.8 Å². The number of hydrogen-bond donors (Lipinski definition) is 0. The summed E-state index contributed by atoms with van der Waals surface area (Å²) in [5.41, 5.74) is 0. The fourth-order valence-electron chi connectivity index (χ4n) is 4.15. The second-order valence-electron chi connectivity index (χ2n) is 7.59. The minimum absolute atomic E-state index is 0.0406. The van der Waals surface area contributed by atoms with Crippen LogP contribution >= 0.6 is 0 Å². The lowest BCUT2D eigenvalue weighted by atomic mass is 9.85. The third-order valence-electron chi connectivity index (χ3n) is 5.44. The molecular formula is C19H29NO4. The molecule has 1 aliphatic heterocycles. The Balaban J connectivity index is 1.29. The number of likely N-dealkylation sites (tertiary alicyclic amines) is 1. The van der Waals surface area contributed by atoms with Gasteiger partial charge in [0.05, 0.1) is 25.0 Å². The third-order valence-corrected chi connectivity index (χ3v) is 5.44. The van der Waals surface area contributed by atoms with Gasteiger partial charge in [-0.3, -0.25) is 14.5 Å². The molecule has 4 atom stereocenters. The van der Waals surface area contributed by atoms with Crippen molar-refractivity contribution in [2.75, 3.05) is 33.0 Å². The zero-order chi connectivity index (χ0) is 17.1. The highest BCUT2D eigenvalue weighted by Crippen LogP contribution is 2.52. The van der Waals surface area contributed by atoms with Crippen molar-refractivity contribution >= 4 is 11.8 Å². The van der Waals surface area contributed by atoms with Crippen LogP contribution in [0, 0.1) is 29.6 Å². The van der Waals surface area contributed by atoms with Crippen LogP contribution in [0.1, 0.15) is 33.1 Å². The molecule has 0 aromatic carbocycles. The summed E-state index contributed by atoms with van der Waals surface area (Å²) in [6.45, 7) is 7.35. The number of hydrogen-bond acceptors (Lipinski definition) is 4. The van der Waals surface area contributed by atoms with Gasteiger partial charge in [0.2, 0.25) is 11.8 Å². The van der Waals surface area contributed by atoms with Crippen molar-refractivity contribution in [1.82, 2.24) is 4.90 Å². The van der Waals surface area contributed by atoms with Crippen molar-refractivity contribution in [1.29, 1.82) is 0 Å². The van der Waals surface area contributed by atoms with Crippen molar-refractivity contribution < 1.29 is 19.1 Å². The maximum absolute atomic E-state index is 12.5. The number of fused-ring (bicyclic) bond motifs is 5. The number of carbonyl (C=O) groups is 2. The maximum Gasteiger partial charge on any atom is 0.233 e. The second-order valence-corrected chi connectivity index (χ2v) is 7.59. The fourth-order valence-corrected chi connectivity index (χ4v) is 4.15. The zero-order valence-electron chi connectivity index (χ0n) is 14.8. The number of rotatable bonds is 10. The molecule has 2 aliphatic carbocycles. The van der Waals surface area contributed by atoms with E-state index in [0.717, 1.165) is 19.4 Å². The van der Waals surface area contributed by atoms with Crippen LogP contribution in [0.2, 0.25) is 0 Å². The van der Waals surface area contributed by atoms with Gasteiger partial charge >= 0.3 is 0 Å². The van der Waals surface area contributed by atoms with Gasteiger partial charge in [0.25, 0.3) is 0 Å². The summed E-state index contributed by atoms with van der Waals surface area (Å²) >= 11 is 0. The van der Waals surface area contributed by atoms with Gasteiger partial charge in [-0.05, 0) is 37.0 Å². The minimum atomic E-state index is -0.0808. The van der Waals surface area contributed by atoms with Gasteiger partial charge < -0.3 is 9.47 Å². The van der Waals surface area contributed by atoms with Crippen LogP contribution in [0.25, 0.3) is 0 Å². The van der Waals surface area contributed by atoms with Crippen LogP contribution in [0.15, 0.2) is 12.2 Å². The smallest absolute Gasteiger partial charge is 0.233 e. The molecule has 5 nitrogen and oxygen atoms in total. The van der Waals surface area contributed by atoms with E-state index >= 15 is 0 Å². The van der Waals surface area contributed by atoms with Crippen molar-refractivity contribution in [3.8, 4) is 0 Å². The summed E-state index contributed by atoms with van der Waals surface area (Å²) in [7, 11) is 0. The Labute approximate surface area is 144 Å². The molecule has 2 bridgehead atoms. The third kappa shape index (κ3) is 3.57. The summed E-state index contributed by atoms with van der Waals surface area (Å²) in [6.07, 6.45) is 7.01. The Morgan fingerprint density at radius 1 is 1.00 bits per heavy atom. The average molecular weight is 335 g/mol. The molecule has 24 heavy (non-hydrogen) atoms. The fraction of sp³-hybridized carbons (Fsp3) is 0.789. The predicted molar refractivity (Wildman–Crippen MR) is 90.1 cm³/mol. The topological polar surface area (TPSA) is 55.8 Å². The molecule has 0 radical (unpaired) electrons. The molecule has 3 aliphatic rings. The average Bonchev–Trinajstić information content (AvgIpc) is 3.21. The highest BCUT2D eigenvalue weighted by atomic mass is 16.5. The van der Waals surface area contributed by atoms with Crippen molar-refractivity contribution in [2.24, 2.45) is 29.6 Å². The molecule has 0 aromatic rings. The van der Waals surface area contributed by atoms with E-state index in [1.165, 1.54) is 4.90 Å². The molecule has 0 unspecified atom stereocenters. The Morgan fingerprint density at radius 3 is 2.17 bits per heavy atom. The quantitative estimate of drug-likeness (QED) is 0.349. The number of allylic oxidation sites excluding steroid dienone is 2. The summed E-state index contributed by atoms with van der Waals surface area (Å²) in [5, 5.41) is 0. The molecule has 2 amide bonds. The molecule has 0 aromatic heterocycles. The Kier molecular flexibility index (Phi) is 5.72. The highest BCUT2D eigenvalue weighted by molar-refractivity contribution is 6.06. The molecular weight excluding hydrogens is 306 g/mol. The normalized spacial score (nSPS) is 30.9. The number of imide groups is 1. The van der Waals surface area contributed by atoms with Crippen LogP contribution in [-0.4, -0.2) is 49.7 Å². The Hall–Kier alpha value is -1.20. The molecule has 1 heterocycles. The van der Waals surface area contributed by atoms with E-state index in [1.54, 1.807) is 0 Å². The molecule has 3 rings (SSSR count). The monoisotopic (exact) mass is 335 g/mol. The van der Waals surface area contributed by atoms with Crippen LogP contribution in [-0.2, 0) is 19.1 Å². The summed E-state index contributed by atoms with van der Waals surface area (Å²) in [4.78, 5) is 26.5. The first kappa shape index (κ1) is 17.6. The molecule has 134 valence electrons. The lowest BCUT2D eigenvalue weighted by molar-refractivity contribution is -0.140.